The van der Waals surface area contributed by atoms with Crippen LogP contribution in [0.2, 0.25) is 0 Å². The number of sulfonamides is 1. The lowest BCUT2D eigenvalue weighted by atomic mass is 9.96. The van der Waals surface area contributed by atoms with Gasteiger partial charge in [0.1, 0.15) is 11.9 Å². The molecule has 0 aliphatic carbocycles. The number of amides is 2. The summed E-state index contributed by atoms with van der Waals surface area (Å²) in [6.45, 7) is 2.19. The normalized spacial score (nSPS) is 16.2. The SMILES string of the molecule is CS(=O)(=O)N1CCCc2ccc(NC(=O)C(=O)NCC3CCN(c4ncccc4C#N)CC3)cc21. The highest BCUT2D eigenvalue weighted by Gasteiger charge is 2.26. The zero-order valence-electron chi connectivity index (χ0n) is 19.5. The molecule has 1 fully saturated rings. The molecule has 3 heterocycles. The van der Waals surface area contributed by atoms with Crippen molar-refractivity contribution < 1.29 is 18.0 Å². The summed E-state index contributed by atoms with van der Waals surface area (Å²) in [4.78, 5) is 31.2. The van der Waals surface area contributed by atoms with Crippen molar-refractivity contribution in [1.82, 2.24) is 10.3 Å². The molecule has 11 heteroatoms. The maximum atomic E-state index is 12.4. The van der Waals surface area contributed by atoms with E-state index in [4.69, 9.17) is 0 Å². The van der Waals surface area contributed by atoms with E-state index in [1.807, 2.05) is 0 Å². The highest BCUT2D eigenvalue weighted by atomic mass is 32.2. The number of pyridine rings is 1. The Labute approximate surface area is 205 Å². The first-order chi connectivity index (χ1) is 16.8. The first-order valence-corrected chi connectivity index (χ1v) is 13.4. The number of benzene rings is 1. The van der Waals surface area contributed by atoms with Crippen LogP contribution in [-0.4, -0.2) is 57.7 Å². The van der Waals surface area contributed by atoms with Gasteiger partial charge < -0.3 is 15.5 Å². The van der Waals surface area contributed by atoms with E-state index in [0.717, 1.165) is 37.5 Å². The Bertz CT molecular complexity index is 1270. The van der Waals surface area contributed by atoms with E-state index in [2.05, 4.69) is 26.6 Å². The molecule has 2 aliphatic rings. The van der Waals surface area contributed by atoms with Gasteiger partial charge in [0.2, 0.25) is 10.0 Å². The third kappa shape index (κ3) is 5.71. The van der Waals surface area contributed by atoms with Crippen molar-refractivity contribution >= 4 is 39.0 Å². The molecule has 1 aromatic carbocycles. The molecular weight excluding hydrogens is 468 g/mol. The molecule has 0 bridgehead atoms. The number of nitrogens with one attached hydrogen (secondary N) is 2. The number of anilines is 3. The number of aromatic nitrogens is 1. The lowest BCUT2D eigenvalue weighted by Gasteiger charge is -2.33. The minimum absolute atomic E-state index is 0.212. The number of piperidine rings is 1. The van der Waals surface area contributed by atoms with Crippen molar-refractivity contribution in [3.8, 4) is 6.07 Å². The quantitative estimate of drug-likeness (QED) is 0.601. The molecule has 0 unspecified atom stereocenters. The molecule has 0 radical (unpaired) electrons. The van der Waals surface area contributed by atoms with Gasteiger partial charge in [0, 0.05) is 38.1 Å². The summed E-state index contributed by atoms with van der Waals surface area (Å²) >= 11 is 0. The number of aryl methyl sites for hydroxylation is 1. The molecule has 1 aromatic heterocycles. The third-order valence-electron chi connectivity index (χ3n) is 6.40. The molecular formula is C24H28N6O4S. The Morgan fingerprint density at radius 1 is 1.17 bits per heavy atom. The zero-order chi connectivity index (χ0) is 25.0. The summed E-state index contributed by atoms with van der Waals surface area (Å²) in [7, 11) is -3.43. The summed E-state index contributed by atoms with van der Waals surface area (Å²) in [5.41, 5.74) is 2.34. The second-order valence-corrected chi connectivity index (χ2v) is 10.8. The summed E-state index contributed by atoms with van der Waals surface area (Å²) in [6.07, 6.45) is 5.92. The number of hydrogen-bond donors (Lipinski definition) is 2. The first kappa shape index (κ1) is 24.5. The highest BCUT2D eigenvalue weighted by molar-refractivity contribution is 7.92. The van der Waals surface area contributed by atoms with E-state index in [1.165, 1.54) is 4.31 Å². The van der Waals surface area contributed by atoms with Crippen LogP contribution in [0.15, 0.2) is 36.5 Å². The molecule has 2 aliphatic heterocycles. The van der Waals surface area contributed by atoms with Gasteiger partial charge in [-0.1, -0.05) is 6.07 Å². The number of nitrogens with zero attached hydrogens (tertiary/aromatic N) is 4. The Morgan fingerprint density at radius 3 is 2.66 bits per heavy atom. The van der Waals surface area contributed by atoms with Crippen molar-refractivity contribution in [2.45, 2.75) is 25.7 Å². The van der Waals surface area contributed by atoms with E-state index in [0.29, 0.717) is 48.9 Å². The van der Waals surface area contributed by atoms with Gasteiger partial charge in [-0.15, -0.1) is 0 Å². The predicted molar refractivity (Wildman–Crippen MR) is 132 cm³/mol. The summed E-state index contributed by atoms with van der Waals surface area (Å²) in [5, 5.41) is 14.6. The molecule has 0 atom stereocenters. The molecule has 2 aromatic rings. The van der Waals surface area contributed by atoms with Gasteiger partial charge in [0.15, 0.2) is 0 Å². The lowest BCUT2D eigenvalue weighted by Crippen LogP contribution is -2.42. The number of fused-ring (bicyclic) bond motifs is 1. The lowest BCUT2D eigenvalue weighted by molar-refractivity contribution is -0.136. The standard InChI is InChI=1S/C24H28N6O4S/c1-35(33,34)30-11-3-5-18-6-7-20(14-21(18)30)28-24(32)23(31)27-16-17-8-12-29(13-9-17)22-19(15-25)4-2-10-26-22/h2,4,6-7,10,14,17H,3,5,8-9,11-13,16H2,1H3,(H,27,31)(H,28,32). The van der Waals surface area contributed by atoms with Gasteiger partial charge in [0.05, 0.1) is 17.5 Å². The number of hydrogen-bond acceptors (Lipinski definition) is 7. The molecule has 2 amide bonds. The fraction of sp³-hybridized carbons (Fsp3) is 0.417. The van der Waals surface area contributed by atoms with Crippen LogP contribution in [0.4, 0.5) is 17.2 Å². The second kappa shape index (κ2) is 10.3. The van der Waals surface area contributed by atoms with Crippen LogP contribution in [0.1, 0.15) is 30.4 Å². The van der Waals surface area contributed by atoms with E-state index >= 15 is 0 Å². The molecule has 1 saturated heterocycles. The first-order valence-electron chi connectivity index (χ1n) is 11.6. The Morgan fingerprint density at radius 2 is 1.94 bits per heavy atom. The van der Waals surface area contributed by atoms with Crippen LogP contribution in [-0.2, 0) is 26.0 Å². The van der Waals surface area contributed by atoms with Crippen LogP contribution in [0.5, 0.6) is 0 Å². The van der Waals surface area contributed by atoms with Crippen LogP contribution < -0.4 is 19.8 Å². The number of carbonyl (C=O) groups excluding carboxylic acids is 2. The van der Waals surface area contributed by atoms with Gasteiger partial charge in [-0.05, 0) is 61.4 Å². The number of rotatable bonds is 5. The topological polar surface area (TPSA) is 136 Å². The van der Waals surface area contributed by atoms with E-state index < -0.39 is 21.8 Å². The monoisotopic (exact) mass is 496 g/mol. The van der Waals surface area contributed by atoms with Crippen LogP contribution in [0.25, 0.3) is 0 Å². The fourth-order valence-corrected chi connectivity index (χ4v) is 5.54. The molecule has 0 saturated carbocycles. The zero-order valence-corrected chi connectivity index (χ0v) is 20.3. The molecule has 184 valence electrons. The second-order valence-electron chi connectivity index (χ2n) is 8.86. The van der Waals surface area contributed by atoms with Gasteiger partial charge in [-0.3, -0.25) is 13.9 Å². The number of carbonyl (C=O) groups is 2. The minimum Gasteiger partial charge on any atom is -0.356 e. The van der Waals surface area contributed by atoms with Gasteiger partial charge >= 0.3 is 11.8 Å². The van der Waals surface area contributed by atoms with E-state index in [-0.39, 0.29) is 5.92 Å². The summed E-state index contributed by atoms with van der Waals surface area (Å²) < 4.78 is 25.6. The summed E-state index contributed by atoms with van der Waals surface area (Å²) in [5.74, 6) is -0.640. The maximum Gasteiger partial charge on any atom is 0.313 e. The molecule has 2 N–H and O–H groups in total. The average molecular weight is 497 g/mol. The predicted octanol–water partition coefficient (Wildman–Crippen LogP) is 1.64. The van der Waals surface area contributed by atoms with Crippen molar-refractivity contribution in [3.63, 3.8) is 0 Å². The van der Waals surface area contributed by atoms with Gasteiger partial charge in [-0.25, -0.2) is 13.4 Å². The molecule has 4 rings (SSSR count). The summed E-state index contributed by atoms with van der Waals surface area (Å²) in [6, 6.07) is 10.7. The van der Waals surface area contributed by atoms with Crippen molar-refractivity contribution in [1.29, 1.82) is 5.26 Å². The van der Waals surface area contributed by atoms with Gasteiger partial charge in [-0.2, -0.15) is 5.26 Å². The average Bonchev–Trinajstić information content (AvgIpc) is 2.86. The molecule has 35 heavy (non-hydrogen) atoms. The highest BCUT2D eigenvalue weighted by Crippen LogP contribution is 2.31. The van der Waals surface area contributed by atoms with Crippen LogP contribution >= 0.6 is 0 Å². The Kier molecular flexibility index (Phi) is 7.21. The van der Waals surface area contributed by atoms with Crippen molar-refractivity contribution in [2.75, 3.05) is 47.0 Å². The van der Waals surface area contributed by atoms with Crippen LogP contribution in [0, 0.1) is 17.2 Å². The molecule has 0 spiro atoms. The van der Waals surface area contributed by atoms with E-state index in [1.54, 1.807) is 36.5 Å². The van der Waals surface area contributed by atoms with Gasteiger partial charge in [0.25, 0.3) is 0 Å². The van der Waals surface area contributed by atoms with Crippen LogP contribution in [0.3, 0.4) is 0 Å². The minimum atomic E-state index is -3.43. The Hall–Kier alpha value is -3.65. The maximum absolute atomic E-state index is 12.4. The fourth-order valence-electron chi connectivity index (χ4n) is 4.55. The van der Waals surface area contributed by atoms with E-state index in [9.17, 15) is 23.3 Å². The largest absolute Gasteiger partial charge is 0.356 e. The number of nitriles is 1. The molecule has 10 nitrogen and oxygen atoms in total. The smallest absolute Gasteiger partial charge is 0.313 e. The van der Waals surface area contributed by atoms with Crippen molar-refractivity contribution in [2.24, 2.45) is 5.92 Å². The van der Waals surface area contributed by atoms with Crippen molar-refractivity contribution in [3.05, 3.63) is 47.7 Å². The third-order valence-corrected chi connectivity index (χ3v) is 7.58. The Balaban J connectivity index is 1.29.